The van der Waals surface area contributed by atoms with Gasteiger partial charge in [-0.1, -0.05) is 0 Å². The van der Waals surface area contributed by atoms with Gasteiger partial charge < -0.3 is 15.4 Å². The SMILES string of the molecule is NC1CCN(c2ccc(OC(F)F)cc2)C1=O. The maximum absolute atomic E-state index is 11.9. The summed E-state index contributed by atoms with van der Waals surface area (Å²) in [7, 11) is 0. The third-order valence-corrected chi connectivity index (χ3v) is 2.62. The van der Waals surface area contributed by atoms with Crippen molar-refractivity contribution in [3.63, 3.8) is 0 Å². The lowest BCUT2D eigenvalue weighted by atomic mass is 10.2. The van der Waals surface area contributed by atoms with Crippen LogP contribution in [0.4, 0.5) is 14.5 Å². The van der Waals surface area contributed by atoms with Crippen molar-refractivity contribution in [2.24, 2.45) is 5.73 Å². The number of rotatable bonds is 3. The minimum Gasteiger partial charge on any atom is -0.435 e. The molecule has 0 aliphatic carbocycles. The number of carbonyl (C=O) groups excluding carboxylic acids is 1. The predicted molar refractivity (Wildman–Crippen MR) is 58.0 cm³/mol. The Morgan fingerprint density at radius 3 is 2.47 bits per heavy atom. The standard InChI is InChI=1S/C11H12F2N2O2/c12-11(13)17-8-3-1-7(2-4-8)15-6-5-9(14)10(15)16/h1-4,9,11H,5-6,14H2. The first-order valence-corrected chi connectivity index (χ1v) is 5.20. The molecule has 1 heterocycles. The molecule has 0 aromatic heterocycles. The molecular formula is C11H12F2N2O2. The largest absolute Gasteiger partial charge is 0.435 e. The Hall–Kier alpha value is -1.69. The van der Waals surface area contributed by atoms with Crippen molar-refractivity contribution in [2.45, 2.75) is 19.1 Å². The van der Waals surface area contributed by atoms with Gasteiger partial charge in [-0.05, 0) is 30.7 Å². The summed E-state index contributed by atoms with van der Waals surface area (Å²) in [5, 5.41) is 0. The number of alkyl halides is 2. The molecule has 1 aliphatic heterocycles. The van der Waals surface area contributed by atoms with Gasteiger partial charge in [0.05, 0.1) is 6.04 Å². The molecule has 17 heavy (non-hydrogen) atoms. The molecule has 1 unspecified atom stereocenters. The maximum Gasteiger partial charge on any atom is 0.387 e. The minimum atomic E-state index is -2.84. The molecule has 1 aromatic carbocycles. The summed E-state index contributed by atoms with van der Waals surface area (Å²) in [6.07, 6.45) is 0.605. The lowest BCUT2D eigenvalue weighted by Gasteiger charge is -2.16. The Morgan fingerprint density at radius 1 is 1.35 bits per heavy atom. The fraction of sp³-hybridized carbons (Fsp3) is 0.364. The van der Waals surface area contributed by atoms with Gasteiger partial charge in [0.2, 0.25) is 5.91 Å². The second kappa shape index (κ2) is 4.67. The summed E-state index contributed by atoms with van der Waals surface area (Å²) >= 11 is 0. The number of carbonyl (C=O) groups is 1. The molecule has 0 bridgehead atoms. The molecule has 1 aliphatic rings. The molecule has 1 saturated heterocycles. The van der Waals surface area contributed by atoms with E-state index in [9.17, 15) is 13.6 Å². The van der Waals surface area contributed by atoms with Gasteiger partial charge in [-0.2, -0.15) is 8.78 Å². The van der Waals surface area contributed by atoms with Crippen molar-refractivity contribution in [3.8, 4) is 5.75 Å². The van der Waals surface area contributed by atoms with E-state index in [0.717, 1.165) is 0 Å². The van der Waals surface area contributed by atoms with Crippen molar-refractivity contribution < 1.29 is 18.3 Å². The third kappa shape index (κ3) is 2.52. The van der Waals surface area contributed by atoms with Crippen LogP contribution >= 0.6 is 0 Å². The number of benzene rings is 1. The number of amides is 1. The second-order valence-corrected chi connectivity index (χ2v) is 3.76. The van der Waals surface area contributed by atoms with Crippen LogP contribution in [0.3, 0.4) is 0 Å². The predicted octanol–water partition coefficient (Wildman–Crippen LogP) is 1.35. The monoisotopic (exact) mass is 242 g/mol. The molecule has 6 heteroatoms. The van der Waals surface area contributed by atoms with Crippen LogP contribution in [0.15, 0.2) is 24.3 Å². The molecule has 4 nitrogen and oxygen atoms in total. The Labute approximate surface area is 97.0 Å². The Balaban J connectivity index is 2.10. The van der Waals surface area contributed by atoms with Gasteiger partial charge in [0.1, 0.15) is 5.75 Å². The summed E-state index contributed by atoms with van der Waals surface area (Å²) < 4.78 is 28.1. The maximum atomic E-state index is 11.9. The van der Waals surface area contributed by atoms with Gasteiger partial charge in [0.25, 0.3) is 0 Å². The van der Waals surface area contributed by atoms with E-state index < -0.39 is 12.7 Å². The molecule has 0 saturated carbocycles. The third-order valence-electron chi connectivity index (χ3n) is 2.62. The first-order valence-electron chi connectivity index (χ1n) is 5.20. The molecule has 1 aromatic rings. The van der Waals surface area contributed by atoms with E-state index >= 15 is 0 Å². The Kier molecular flexibility index (Phi) is 3.23. The van der Waals surface area contributed by atoms with E-state index in [1.54, 1.807) is 12.1 Å². The highest BCUT2D eigenvalue weighted by atomic mass is 19.3. The Morgan fingerprint density at radius 2 is 2.00 bits per heavy atom. The van der Waals surface area contributed by atoms with Crippen molar-refractivity contribution in [1.82, 2.24) is 0 Å². The van der Waals surface area contributed by atoms with Crippen LogP contribution in [-0.4, -0.2) is 25.1 Å². The van der Waals surface area contributed by atoms with Crippen LogP contribution in [0.25, 0.3) is 0 Å². The second-order valence-electron chi connectivity index (χ2n) is 3.76. The van der Waals surface area contributed by atoms with Gasteiger partial charge in [-0.3, -0.25) is 4.79 Å². The molecule has 92 valence electrons. The quantitative estimate of drug-likeness (QED) is 0.870. The number of ether oxygens (including phenoxy) is 1. The number of hydrogen-bond acceptors (Lipinski definition) is 3. The summed E-state index contributed by atoms with van der Waals surface area (Å²) in [4.78, 5) is 13.2. The topological polar surface area (TPSA) is 55.6 Å². The Bertz CT molecular complexity index is 408. The van der Waals surface area contributed by atoms with Crippen LogP contribution < -0.4 is 15.4 Å². The van der Waals surface area contributed by atoms with Crippen LogP contribution in [0.2, 0.25) is 0 Å². The van der Waals surface area contributed by atoms with Gasteiger partial charge in [0.15, 0.2) is 0 Å². The average Bonchev–Trinajstić information content (AvgIpc) is 2.60. The molecule has 1 fully saturated rings. The number of nitrogens with zero attached hydrogens (tertiary/aromatic N) is 1. The fourth-order valence-electron chi connectivity index (χ4n) is 1.77. The molecular weight excluding hydrogens is 230 g/mol. The van der Waals surface area contributed by atoms with Crippen LogP contribution in [-0.2, 0) is 4.79 Å². The highest BCUT2D eigenvalue weighted by Gasteiger charge is 2.29. The molecule has 0 radical (unpaired) electrons. The fourth-order valence-corrected chi connectivity index (χ4v) is 1.77. The normalized spacial score (nSPS) is 20.1. The van der Waals surface area contributed by atoms with Crippen molar-refractivity contribution in [1.29, 1.82) is 0 Å². The molecule has 1 amide bonds. The van der Waals surface area contributed by atoms with E-state index in [1.165, 1.54) is 17.0 Å². The summed E-state index contributed by atoms with van der Waals surface area (Å²) in [6, 6.07) is 5.46. The molecule has 2 N–H and O–H groups in total. The van der Waals surface area contributed by atoms with Crippen molar-refractivity contribution in [2.75, 3.05) is 11.4 Å². The zero-order valence-corrected chi connectivity index (χ0v) is 8.98. The molecule has 2 rings (SSSR count). The van der Waals surface area contributed by atoms with Gasteiger partial charge >= 0.3 is 6.61 Å². The first-order chi connectivity index (χ1) is 8.08. The smallest absolute Gasteiger partial charge is 0.387 e. The van der Waals surface area contributed by atoms with E-state index in [1.807, 2.05) is 0 Å². The van der Waals surface area contributed by atoms with Crippen molar-refractivity contribution >= 4 is 11.6 Å². The van der Waals surface area contributed by atoms with E-state index in [-0.39, 0.29) is 11.7 Å². The average molecular weight is 242 g/mol. The molecule has 1 atom stereocenters. The highest BCUT2D eigenvalue weighted by Crippen LogP contribution is 2.24. The van der Waals surface area contributed by atoms with Crippen LogP contribution in [0.1, 0.15) is 6.42 Å². The number of halogens is 2. The minimum absolute atomic E-state index is 0.0692. The van der Waals surface area contributed by atoms with E-state index in [4.69, 9.17) is 5.73 Å². The van der Waals surface area contributed by atoms with Crippen LogP contribution in [0.5, 0.6) is 5.75 Å². The summed E-state index contributed by atoms with van der Waals surface area (Å²) in [5.41, 5.74) is 6.23. The lowest BCUT2D eigenvalue weighted by Crippen LogP contribution is -2.33. The zero-order chi connectivity index (χ0) is 12.4. The van der Waals surface area contributed by atoms with Crippen LogP contribution in [0, 0.1) is 0 Å². The first kappa shape index (κ1) is 11.8. The van der Waals surface area contributed by atoms with Gasteiger partial charge in [-0.15, -0.1) is 0 Å². The van der Waals surface area contributed by atoms with E-state index in [0.29, 0.717) is 18.7 Å². The van der Waals surface area contributed by atoms with Gasteiger partial charge in [0, 0.05) is 12.2 Å². The highest BCUT2D eigenvalue weighted by molar-refractivity contribution is 5.99. The summed E-state index contributed by atoms with van der Waals surface area (Å²) in [6.45, 7) is -2.29. The van der Waals surface area contributed by atoms with E-state index in [2.05, 4.69) is 4.74 Å². The number of nitrogens with two attached hydrogens (primary N) is 1. The lowest BCUT2D eigenvalue weighted by molar-refractivity contribution is -0.118. The van der Waals surface area contributed by atoms with Crippen molar-refractivity contribution in [3.05, 3.63) is 24.3 Å². The molecule has 0 spiro atoms. The number of hydrogen-bond donors (Lipinski definition) is 1. The van der Waals surface area contributed by atoms with Gasteiger partial charge in [-0.25, -0.2) is 0 Å². The zero-order valence-electron chi connectivity index (χ0n) is 8.98. The number of anilines is 1. The summed E-state index contributed by atoms with van der Waals surface area (Å²) in [5.74, 6) is -0.0766.